The Balaban J connectivity index is 1.12. The molecular formula is C43H26N2S2. The Labute approximate surface area is 279 Å². The van der Waals surface area contributed by atoms with Crippen molar-refractivity contribution in [1.82, 2.24) is 4.98 Å². The molecule has 10 rings (SSSR count). The topological polar surface area (TPSA) is 16.1 Å². The lowest BCUT2D eigenvalue weighted by Crippen LogP contribution is -2.09. The first-order valence-electron chi connectivity index (χ1n) is 15.8. The molecule has 47 heavy (non-hydrogen) atoms. The number of benzene rings is 8. The lowest BCUT2D eigenvalue weighted by molar-refractivity contribution is 1.25. The molecule has 0 N–H and O–H groups in total. The zero-order chi connectivity index (χ0) is 30.9. The number of hydrogen-bond donors (Lipinski definition) is 0. The zero-order valence-corrected chi connectivity index (χ0v) is 26.9. The molecule has 0 spiro atoms. The summed E-state index contributed by atoms with van der Waals surface area (Å²) in [5.74, 6) is 0. The molecule has 0 aliphatic carbocycles. The first kappa shape index (κ1) is 26.6. The minimum atomic E-state index is 0.960. The highest BCUT2D eigenvalue weighted by atomic mass is 32.1. The van der Waals surface area contributed by atoms with Crippen molar-refractivity contribution in [2.45, 2.75) is 0 Å². The highest BCUT2D eigenvalue weighted by Crippen LogP contribution is 2.43. The SMILES string of the molecule is c1ccc2sc(N(c3ccc(-c4ccc5c6ccccc6c6ccccc6c5c4)cc3)c3ccc4sc5ccccc5c4c3)nc2c1. The molecule has 2 nitrogen and oxygen atoms in total. The van der Waals surface area contributed by atoms with Gasteiger partial charge in [0.05, 0.1) is 10.2 Å². The number of fused-ring (bicyclic) bond motifs is 10. The maximum atomic E-state index is 5.11. The average Bonchev–Trinajstić information content (AvgIpc) is 3.73. The average molecular weight is 635 g/mol. The van der Waals surface area contributed by atoms with Crippen LogP contribution in [0.25, 0.3) is 73.8 Å². The van der Waals surface area contributed by atoms with Gasteiger partial charge in [-0.05, 0) is 98.0 Å². The van der Waals surface area contributed by atoms with Gasteiger partial charge in [0.1, 0.15) is 0 Å². The van der Waals surface area contributed by atoms with E-state index < -0.39 is 0 Å². The molecule has 0 aliphatic heterocycles. The summed E-state index contributed by atoms with van der Waals surface area (Å²) in [4.78, 5) is 7.42. The Bertz CT molecular complexity index is 2740. The predicted molar refractivity (Wildman–Crippen MR) is 205 cm³/mol. The van der Waals surface area contributed by atoms with Crippen molar-refractivity contribution >= 4 is 102 Å². The summed E-state index contributed by atoms with van der Waals surface area (Å²) in [6.45, 7) is 0. The second-order valence-corrected chi connectivity index (χ2v) is 14.1. The van der Waals surface area contributed by atoms with Crippen LogP contribution in [0.5, 0.6) is 0 Å². The lowest BCUT2D eigenvalue weighted by Gasteiger charge is -2.23. The zero-order valence-electron chi connectivity index (χ0n) is 25.2. The van der Waals surface area contributed by atoms with Crippen molar-refractivity contribution in [1.29, 1.82) is 0 Å². The molecule has 10 aromatic rings. The van der Waals surface area contributed by atoms with Gasteiger partial charge in [0.25, 0.3) is 0 Å². The van der Waals surface area contributed by atoms with Gasteiger partial charge < -0.3 is 0 Å². The van der Waals surface area contributed by atoms with Crippen LogP contribution < -0.4 is 4.90 Å². The highest BCUT2D eigenvalue weighted by molar-refractivity contribution is 7.25. The third-order valence-electron chi connectivity index (χ3n) is 9.30. The maximum Gasteiger partial charge on any atom is 0.195 e. The van der Waals surface area contributed by atoms with E-state index in [1.807, 2.05) is 11.3 Å². The van der Waals surface area contributed by atoms with Crippen LogP contribution in [0, 0.1) is 0 Å². The van der Waals surface area contributed by atoms with Gasteiger partial charge in [-0.2, -0.15) is 0 Å². The fraction of sp³-hybridized carbons (Fsp3) is 0. The van der Waals surface area contributed by atoms with Crippen LogP contribution in [0.2, 0.25) is 0 Å². The number of hydrogen-bond acceptors (Lipinski definition) is 4. The molecule has 0 radical (unpaired) electrons. The minimum Gasteiger partial charge on any atom is -0.286 e. The van der Waals surface area contributed by atoms with Crippen LogP contribution in [-0.4, -0.2) is 4.98 Å². The first-order chi connectivity index (χ1) is 23.3. The van der Waals surface area contributed by atoms with E-state index in [2.05, 4.69) is 163 Å². The minimum absolute atomic E-state index is 0.960. The van der Waals surface area contributed by atoms with E-state index in [0.29, 0.717) is 0 Å². The third-order valence-corrected chi connectivity index (χ3v) is 11.5. The predicted octanol–water partition coefficient (Wildman–Crippen LogP) is 13.3. The fourth-order valence-electron chi connectivity index (χ4n) is 7.07. The van der Waals surface area contributed by atoms with E-state index in [4.69, 9.17) is 4.98 Å². The van der Waals surface area contributed by atoms with Crippen molar-refractivity contribution < 1.29 is 0 Å². The van der Waals surface area contributed by atoms with Crippen molar-refractivity contribution in [3.05, 3.63) is 158 Å². The molecule has 0 aliphatic rings. The molecule has 0 atom stereocenters. The van der Waals surface area contributed by atoms with E-state index >= 15 is 0 Å². The van der Waals surface area contributed by atoms with Crippen molar-refractivity contribution in [3.63, 3.8) is 0 Å². The Hall–Kier alpha value is -5.55. The van der Waals surface area contributed by atoms with Gasteiger partial charge in [-0.15, -0.1) is 11.3 Å². The number of nitrogens with zero attached hydrogens (tertiary/aromatic N) is 2. The standard InChI is InChI=1S/C43H26N2S2/c1-2-11-33-31(9-1)32-10-3-4-12-34(32)37-25-28(19-23-35(33)37)27-17-20-29(21-18-27)45(43-44-39-14-6-8-16-42(39)47-43)30-22-24-41-38(26-30)36-13-5-7-15-40(36)46-41/h1-26H. The second kappa shape index (κ2) is 10.5. The van der Waals surface area contributed by atoms with Crippen LogP contribution in [0.4, 0.5) is 16.5 Å². The van der Waals surface area contributed by atoms with Gasteiger partial charge in [-0.1, -0.05) is 114 Å². The van der Waals surface area contributed by atoms with E-state index in [1.165, 1.54) is 68.3 Å². The van der Waals surface area contributed by atoms with Gasteiger partial charge in [0, 0.05) is 31.5 Å². The van der Waals surface area contributed by atoms with Crippen molar-refractivity contribution in [2.24, 2.45) is 0 Å². The number of aromatic nitrogens is 1. The number of anilines is 3. The van der Waals surface area contributed by atoms with Crippen LogP contribution in [0.1, 0.15) is 0 Å². The van der Waals surface area contributed by atoms with Gasteiger partial charge in [-0.3, -0.25) is 4.90 Å². The van der Waals surface area contributed by atoms with E-state index in [0.717, 1.165) is 22.0 Å². The number of para-hydroxylation sites is 1. The molecule has 220 valence electrons. The maximum absolute atomic E-state index is 5.11. The summed E-state index contributed by atoms with van der Waals surface area (Å²) in [5, 5.41) is 11.3. The van der Waals surface area contributed by atoms with Crippen LogP contribution in [0.3, 0.4) is 0 Å². The van der Waals surface area contributed by atoms with Crippen LogP contribution >= 0.6 is 22.7 Å². The van der Waals surface area contributed by atoms with Gasteiger partial charge in [0.15, 0.2) is 5.13 Å². The molecule has 4 heteroatoms. The number of thiophene rings is 1. The summed E-state index contributed by atoms with van der Waals surface area (Å²) in [6.07, 6.45) is 0. The van der Waals surface area contributed by atoms with E-state index in [9.17, 15) is 0 Å². The molecule has 0 amide bonds. The van der Waals surface area contributed by atoms with E-state index in [-0.39, 0.29) is 0 Å². The quantitative estimate of drug-likeness (QED) is 0.179. The molecule has 8 aromatic carbocycles. The van der Waals surface area contributed by atoms with Crippen molar-refractivity contribution in [2.75, 3.05) is 4.90 Å². The van der Waals surface area contributed by atoms with E-state index in [1.54, 1.807) is 11.3 Å². The Morgan fingerprint density at radius 2 is 0.915 bits per heavy atom. The van der Waals surface area contributed by atoms with Gasteiger partial charge in [-0.25, -0.2) is 4.98 Å². The molecule has 2 heterocycles. The van der Waals surface area contributed by atoms with Gasteiger partial charge in [0.2, 0.25) is 0 Å². The molecule has 0 fully saturated rings. The van der Waals surface area contributed by atoms with Crippen molar-refractivity contribution in [3.8, 4) is 11.1 Å². The second-order valence-electron chi connectivity index (χ2n) is 12.0. The summed E-state index contributed by atoms with van der Waals surface area (Å²) in [7, 11) is 0. The van der Waals surface area contributed by atoms with Gasteiger partial charge >= 0.3 is 0 Å². The summed E-state index contributed by atoms with van der Waals surface area (Å²) < 4.78 is 3.79. The highest BCUT2D eigenvalue weighted by Gasteiger charge is 2.19. The molecule has 0 saturated heterocycles. The summed E-state index contributed by atoms with van der Waals surface area (Å²) in [5.41, 5.74) is 5.62. The number of rotatable bonds is 4. The first-order valence-corrected chi connectivity index (χ1v) is 17.4. The molecule has 0 unspecified atom stereocenters. The van der Waals surface area contributed by atoms with Crippen LogP contribution in [-0.2, 0) is 0 Å². The monoisotopic (exact) mass is 634 g/mol. The molecule has 0 saturated carbocycles. The Morgan fingerprint density at radius 3 is 1.64 bits per heavy atom. The molecular weight excluding hydrogens is 609 g/mol. The normalized spacial score (nSPS) is 11.8. The largest absolute Gasteiger partial charge is 0.286 e. The fourth-order valence-corrected chi connectivity index (χ4v) is 9.16. The lowest BCUT2D eigenvalue weighted by atomic mass is 9.92. The molecule has 2 aromatic heterocycles. The Kier molecular flexibility index (Phi) is 5.95. The molecule has 0 bridgehead atoms. The summed E-state index contributed by atoms with van der Waals surface area (Å²) >= 11 is 3.57. The number of thiazole rings is 1. The Morgan fingerprint density at radius 1 is 0.362 bits per heavy atom. The summed E-state index contributed by atoms with van der Waals surface area (Å²) in [6, 6.07) is 57.3. The smallest absolute Gasteiger partial charge is 0.195 e. The van der Waals surface area contributed by atoms with Crippen LogP contribution in [0.15, 0.2) is 158 Å². The third kappa shape index (κ3) is 4.26.